The van der Waals surface area contributed by atoms with E-state index in [2.05, 4.69) is 49.0 Å². The van der Waals surface area contributed by atoms with Crippen LogP contribution in [0.4, 0.5) is 0 Å². The van der Waals surface area contributed by atoms with Crippen LogP contribution >= 0.6 is 0 Å². The molecule has 1 heterocycles. The summed E-state index contributed by atoms with van der Waals surface area (Å²) in [6, 6.07) is 8.29. The molecule has 2 unspecified atom stereocenters. The van der Waals surface area contributed by atoms with E-state index in [-0.39, 0.29) is 0 Å². The van der Waals surface area contributed by atoms with Crippen molar-refractivity contribution in [2.24, 2.45) is 15.9 Å². The number of hydrogen-bond acceptors (Lipinski definition) is 4. The highest BCUT2D eigenvalue weighted by Gasteiger charge is 2.35. The minimum absolute atomic E-state index is 0.558. The van der Waals surface area contributed by atoms with Crippen LogP contribution in [0, 0.1) is 5.92 Å². The molecular weight excluding hydrogens is 432 g/mol. The molecule has 0 saturated carbocycles. The largest absolute Gasteiger partial charge is 0.493 e. The molecule has 0 saturated heterocycles. The van der Waals surface area contributed by atoms with Gasteiger partial charge >= 0.3 is 0 Å². The van der Waals surface area contributed by atoms with Crippen molar-refractivity contribution in [1.29, 1.82) is 0 Å². The Morgan fingerprint density at radius 2 is 1.49 bits per heavy atom. The van der Waals surface area contributed by atoms with Crippen LogP contribution in [0.5, 0.6) is 5.75 Å². The van der Waals surface area contributed by atoms with E-state index in [1.165, 1.54) is 83.5 Å². The smallest absolute Gasteiger partial charge is 0.151 e. The lowest BCUT2D eigenvalue weighted by Crippen LogP contribution is -2.37. The summed E-state index contributed by atoms with van der Waals surface area (Å²) in [6.07, 6.45) is 23.0. The summed E-state index contributed by atoms with van der Waals surface area (Å²) in [5.41, 5.74) is 0.423. The number of benzene rings is 1. The van der Waals surface area contributed by atoms with Gasteiger partial charge in [-0.1, -0.05) is 122 Å². The van der Waals surface area contributed by atoms with Crippen molar-refractivity contribution in [3.05, 3.63) is 29.8 Å². The quantitative estimate of drug-likeness (QED) is 0.163. The van der Waals surface area contributed by atoms with E-state index in [4.69, 9.17) is 9.47 Å². The molecule has 0 N–H and O–H groups in total. The second-order valence-electron chi connectivity index (χ2n) is 10.4. The van der Waals surface area contributed by atoms with Gasteiger partial charge in [-0.3, -0.25) is 4.99 Å². The SMILES string of the molecule is CCCCCCCCCCCCOc1ccccc1C1(OCCCCCC(C)CC)C=NC=NC1. The minimum Gasteiger partial charge on any atom is -0.493 e. The third-order valence-corrected chi connectivity index (χ3v) is 7.25. The van der Waals surface area contributed by atoms with E-state index < -0.39 is 5.60 Å². The molecule has 1 aliphatic heterocycles. The van der Waals surface area contributed by atoms with Crippen molar-refractivity contribution in [3.63, 3.8) is 0 Å². The second kappa shape index (κ2) is 18.6. The third-order valence-electron chi connectivity index (χ3n) is 7.25. The lowest BCUT2D eigenvalue weighted by atomic mass is 9.93. The molecule has 0 bridgehead atoms. The van der Waals surface area contributed by atoms with Crippen LogP contribution in [0.15, 0.2) is 34.3 Å². The summed E-state index contributed by atoms with van der Waals surface area (Å²) in [5, 5.41) is 0. The first kappa shape index (κ1) is 29.5. The molecule has 4 nitrogen and oxygen atoms in total. The zero-order valence-electron chi connectivity index (χ0n) is 23.0. The van der Waals surface area contributed by atoms with E-state index in [0.717, 1.165) is 43.3 Å². The fourth-order valence-corrected chi connectivity index (χ4v) is 4.68. The summed E-state index contributed by atoms with van der Waals surface area (Å²) in [7, 11) is 0. The average Bonchev–Trinajstić information content (AvgIpc) is 2.90. The molecule has 35 heavy (non-hydrogen) atoms. The molecule has 0 aromatic heterocycles. The molecule has 0 spiro atoms. The Kier molecular flexibility index (Phi) is 15.7. The molecule has 0 radical (unpaired) electrons. The van der Waals surface area contributed by atoms with Crippen molar-refractivity contribution in [2.75, 3.05) is 19.8 Å². The lowest BCUT2D eigenvalue weighted by molar-refractivity contribution is 0.00973. The number of para-hydroxylation sites is 1. The number of rotatable bonds is 21. The maximum atomic E-state index is 6.49. The molecule has 0 fully saturated rings. The average molecular weight is 485 g/mol. The van der Waals surface area contributed by atoms with Gasteiger partial charge in [-0.2, -0.15) is 0 Å². The zero-order valence-corrected chi connectivity index (χ0v) is 23.0. The van der Waals surface area contributed by atoms with Gasteiger partial charge in [0.05, 0.1) is 13.2 Å². The molecule has 198 valence electrons. The standard InChI is InChI=1S/C31H52N2O2/c1-4-6-7-8-9-10-11-12-13-18-23-34-30-22-17-16-21-29(30)31(25-32-27-33-26-31)35-24-19-14-15-20-28(3)5-2/h16-17,21-22,25,27-28H,4-15,18-20,23-24,26H2,1-3H3. The topological polar surface area (TPSA) is 43.2 Å². The lowest BCUT2D eigenvalue weighted by Gasteiger charge is -2.32. The van der Waals surface area contributed by atoms with Gasteiger partial charge in [0.15, 0.2) is 5.60 Å². The van der Waals surface area contributed by atoms with Crippen LogP contribution in [0.3, 0.4) is 0 Å². The summed E-state index contributed by atoms with van der Waals surface area (Å²) in [4.78, 5) is 8.82. The van der Waals surface area contributed by atoms with Gasteiger partial charge < -0.3 is 9.47 Å². The predicted molar refractivity (Wildman–Crippen MR) is 151 cm³/mol. The number of hydrogen-bond donors (Lipinski definition) is 0. The minimum atomic E-state index is -0.625. The molecular formula is C31H52N2O2. The van der Waals surface area contributed by atoms with Gasteiger partial charge in [0.2, 0.25) is 0 Å². The van der Waals surface area contributed by atoms with E-state index in [1.54, 1.807) is 6.34 Å². The Labute approximate surface area is 216 Å². The second-order valence-corrected chi connectivity index (χ2v) is 10.4. The van der Waals surface area contributed by atoms with Crippen molar-refractivity contribution >= 4 is 12.6 Å². The van der Waals surface area contributed by atoms with E-state index in [0.29, 0.717) is 6.54 Å². The zero-order chi connectivity index (χ0) is 25.0. The Bertz CT molecular complexity index is 718. The van der Waals surface area contributed by atoms with E-state index in [1.807, 2.05) is 12.3 Å². The fraction of sp³-hybridized carbons (Fsp3) is 0.742. The summed E-state index contributed by atoms with van der Waals surface area (Å²) in [5.74, 6) is 1.73. The molecule has 1 aromatic rings. The molecule has 4 heteroatoms. The molecule has 1 aliphatic rings. The maximum absolute atomic E-state index is 6.49. The Morgan fingerprint density at radius 1 is 0.829 bits per heavy atom. The van der Waals surface area contributed by atoms with Crippen molar-refractivity contribution in [3.8, 4) is 5.75 Å². The molecule has 0 amide bonds. The first-order valence-corrected chi connectivity index (χ1v) is 14.6. The van der Waals surface area contributed by atoms with Crippen LogP contribution in [0.25, 0.3) is 0 Å². The van der Waals surface area contributed by atoms with Crippen LogP contribution in [0.1, 0.15) is 123 Å². The van der Waals surface area contributed by atoms with Crippen molar-refractivity contribution < 1.29 is 9.47 Å². The monoisotopic (exact) mass is 484 g/mol. The van der Waals surface area contributed by atoms with E-state index >= 15 is 0 Å². The Balaban J connectivity index is 1.76. The normalized spacial score (nSPS) is 18.1. The number of nitrogens with zero attached hydrogens (tertiary/aromatic N) is 2. The first-order valence-electron chi connectivity index (χ1n) is 14.6. The fourth-order valence-electron chi connectivity index (χ4n) is 4.68. The number of aliphatic imine (C=N–C) groups is 2. The van der Waals surface area contributed by atoms with Gasteiger partial charge in [0, 0.05) is 18.4 Å². The summed E-state index contributed by atoms with van der Waals surface area (Å²) < 4.78 is 12.8. The number of ether oxygens (including phenoxy) is 2. The van der Waals surface area contributed by atoms with Crippen LogP contribution in [-0.4, -0.2) is 32.3 Å². The highest BCUT2D eigenvalue weighted by molar-refractivity contribution is 5.83. The Morgan fingerprint density at radius 3 is 2.17 bits per heavy atom. The van der Waals surface area contributed by atoms with Gasteiger partial charge in [-0.15, -0.1) is 0 Å². The first-order chi connectivity index (χ1) is 17.2. The summed E-state index contributed by atoms with van der Waals surface area (Å²) >= 11 is 0. The van der Waals surface area contributed by atoms with Crippen molar-refractivity contribution in [1.82, 2.24) is 0 Å². The predicted octanol–water partition coefficient (Wildman–Crippen LogP) is 8.92. The third kappa shape index (κ3) is 11.7. The Hall–Kier alpha value is -1.68. The van der Waals surface area contributed by atoms with Gasteiger partial charge in [-0.05, 0) is 24.8 Å². The van der Waals surface area contributed by atoms with Crippen LogP contribution < -0.4 is 4.74 Å². The highest BCUT2D eigenvalue weighted by Crippen LogP contribution is 2.34. The van der Waals surface area contributed by atoms with Gasteiger partial charge in [0.25, 0.3) is 0 Å². The molecule has 0 aliphatic carbocycles. The van der Waals surface area contributed by atoms with Crippen LogP contribution in [0.2, 0.25) is 0 Å². The van der Waals surface area contributed by atoms with E-state index in [9.17, 15) is 0 Å². The number of unbranched alkanes of at least 4 members (excludes halogenated alkanes) is 11. The molecule has 1 aromatic carbocycles. The van der Waals surface area contributed by atoms with Gasteiger partial charge in [-0.25, -0.2) is 4.99 Å². The molecule has 2 rings (SSSR count). The van der Waals surface area contributed by atoms with Crippen molar-refractivity contribution in [2.45, 2.75) is 123 Å². The summed E-state index contributed by atoms with van der Waals surface area (Å²) in [6.45, 7) is 8.92. The van der Waals surface area contributed by atoms with Crippen LogP contribution in [-0.2, 0) is 10.3 Å². The van der Waals surface area contributed by atoms with Gasteiger partial charge in [0.1, 0.15) is 12.1 Å². The molecule has 2 atom stereocenters. The highest BCUT2D eigenvalue weighted by atomic mass is 16.5. The maximum Gasteiger partial charge on any atom is 0.151 e.